The third-order valence-electron chi connectivity index (χ3n) is 8.60. The Balaban J connectivity index is 1.23. The van der Waals surface area contributed by atoms with E-state index in [-0.39, 0.29) is 23.8 Å². The number of rotatable bonds is 8. The molecule has 1 aromatic heterocycles. The molecule has 3 atom stereocenters. The van der Waals surface area contributed by atoms with Gasteiger partial charge in [-0.05, 0) is 91.3 Å². The minimum Gasteiger partial charge on any atom is -0.331 e. The van der Waals surface area contributed by atoms with Crippen molar-refractivity contribution in [1.29, 1.82) is 0 Å². The normalized spacial score (nSPS) is 20.0. The number of urea groups is 1. The lowest BCUT2D eigenvalue weighted by Crippen LogP contribution is -2.41. The number of amides is 2. The van der Waals surface area contributed by atoms with Crippen LogP contribution in [0.2, 0.25) is 0 Å². The van der Waals surface area contributed by atoms with Gasteiger partial charge < -0.3 is 15.6 Å². The van der Waals surface area contributed by atoms with E-state index in [1.165, 1.54) is 28.9 Å². The van der Waals surface area contributed by atoms with Crippen LogP contribution in [0.15, 0.2) is 114 Å². The molecule has 1 aliphatic heterocycles. The van der Waals surface area contributed by atoms with Crippen LogP contribution in [0.1, 0.15) is 50.3 Å². The number of nitrogens with zero attached hydrogens (tertiary/aromatic N) is 3. The fraction of sp³-hybridized carbons (Fsp3) is 0.294. The Morgan fingerprint density at radius 1 is 1.12 bits per heavy atom. The molecule has 2 heterocycles. The van der Waals surface area contributed by atoms with Gasteiger partial charge in [0.25, 0.3) is 0 Å². The smallest absolute Gasteiger partial charge is 0.318 e. The van der Waals surface area contributed by atoms with Crippen molar-refractivity contribution in [3.63, 3.8) is 0 Å². The predicted octanol–water partition coefficient (Wildman–Crippen LogP) is 7.03. The number of aromatic nitrogens is 1. The molecule has 6 nitrogen and oxygen atoms in total. The van der Waals surface area contributed by atoms with Crippen LogP contribution >= 0.6 is 0 Å². The maximum Gasteiger partial charge on any atom is 0.318 e. The molecule has 0 saturated heterocycles. The molecule has 0 fully saturated rings. The van der Waals surface area contributed by atoms with Crippen molar-refractivity contribution in [3.8, 4) is 0 Å². The number of pyridine rings is 1. The van der Waals surface area contributed by atoms with Crippen LogP contribution in [0.5, 0.6) is 0 Å². The molecule has 2 amide bonds. The van der Waals surface area contributed by atoms with Gasteiger partial charge >= 0.3 is 6.03 Å². The number of hydrogen-bond donors (Lipinski definition) is 2. The minimum atomic E-state index is -0.241. The molecule has 0 bridgehead atoms. The van der Waals surface area contributed by atoms with Crippen molar-refractivity contribution in [2.45, 2.75) is 45.7 Å². The SMILES string of the molecule is CCN(Cc1ccncc1)C(=O)NC(C[C@H]1CCC2=C1[C@@H](C)C1=CNN(c3ccc(F)cc3)C1=C2)c1ccccc1. The zero-order valence-electron chi connectivity index (χ0n) is 23.6. The summed E-state index contributed by atoms with van der Waals surface area (Å²) in [6.45, 7) is 5.46. The highest BCUT2D eigenvalue weighted by molar-refractivity contribution is 5.75. The summed E-state index contributed by atoms with van der Waals surface area (Å²) in [6.07, 6.45) is 10.8. The molecule has 6 rings (SSSR count). The van der Waals surface area contributed by atoms with Gasteiger partial charge in [0.15, 0.2) is 0 Å². The summed E-state index contributed by atoms with van der Waals surface area (Å²) in [5.41, 5.74) is 11.7. The Bertz CT molecular complexity index is 1480. The number of hydrogen-bond acceptors (Lipinski definition) is 4. The number of hydrazine groups is 1. The summed E-state index contributed by atoms with van der Waals surface area (Å²) in [6, 6.07) is 20.7. The molecule has 210 valence electrons. The van der Waals surface area contributed by atoms with E-state index < -0.39 is 0 Å². The highest BCUT2D eigenvalue weighted by Gasteiger charge is 2.39. The van der Waals surface area contributed by atoms with Gasteiger partial charge in [0.2, 0.25) is 0 Å². The van der Waals surface area contributed by atoms with Crippen LogP contribution < -0.4 is 15.8 Å². The third kappa shape index (κ3) is 5.49. The predicted molar refractivity (Wildman–Crippen MR) is 160 cm³/mol. The Hall–Kier alpha value is -4.39. The van der Waals surface area contributed by atoms with Gasteiger partial charge in [-0.3, -0.25) is 9.99 Å². The molecule has 0 radical (unpaired) electrons. The summed E-state index contributed by atoms with van der Waals surface area (Å²) in [5, 5.41) is 5.43. The van der Waals surface area contributed by atoms with Crippen molar-refractivity contribution in [3.05, 3.63) is 131 Å². The van der Waals surface area contributed by atoms with Crippen LogP contribution in [0.4, 0.5) is 14.9 Å². The highest BCUT2D eigenvalue weighted by atomic mass is 19.1. The van der Waals surface area contributed by atoms with Crippen LogP contribution in [0.3, 0.4) is 0 Å². The third-order valence-corrected chi connectivity index (χ3v) is 8.60. The maximum atomic E-state index is 13.6. The molecular weight excluding hydrogens is 513 g/mol. The van der Waals surface area contributed by atoms with Gasteiger partial charge in [-0.2, -0.15) is 0 Å². The number of allylic oxidation sites excluding steroid dienone is 4. The minimum absolute atomic E-state index is 0.0538. The van der Waals surface area contributed by atoms with E-state index in [0.717, 1.165) is 41.8 Å². The van der Waals surface area contributed by atoms with Gasteiger partial charge in [0.05, 0.1) is 17.4 Å². The molecule has 2 aromatic carbocycles. The van der Waals surface area contributed by atoms with Gasteiger partial charge in [-0.25, -0.2) is 9.18 Å². The number of halogens is 1. The standard InChI is InChI=1S/C34H36FN5O/c1-3-39(22-24-15-17-36-18-16-24)34(41)38-31(25-7-5-4-6-8-25)19-26-9-10-27-20-32-30(23(2)33(26)27)21-37-40(32)29-13-11-28(35)12-14-29/h4-8,11-18,20-21,23,26,31,37H,3,9-10,19,22H2,1-2H3,(H,38,41)/t23-,26+,31?/m0/s1. The first-order chi connectivity index (χ1) is 20.0. The highest BCUT2D eigenvalue weighted by Crippen LogP contribution is 2.49. The second-order valence-corrected chi connectivity index (χ2v) is 11.0. The van der Waals surface area contributed by atoms with Crippen molar-refractivity contribution in [2.75, 3.05) is 11.6 Å². The number of fused-ring (bicyclic) bond motifs is 1. The van der Waals surface area contributed by atoms with E-state index >= 15 is 0 Å². The molecule has 41 heavy (non-hydrogen) atoms. The first-order valence-electron chi connectivity index (χ1n) is 14.5. The monoisotopic (exact) mass is 549 g/mol. The van der Waals surface area contributed by atoms with Crippen molar-refractivity contribution in [1.82, 2.24) is 20.6 Å². The Morgan fingerprint density at radius 2 is 1.88 bits per heavy atom. The second kappa shape index (κ2) is 11.6. The molecular formula is C34H36FN5O. The molecule has 3 aliphatic rings. The van der Waals surface area contributed by atoms with E-state index in [1.807, 2.05) is 47.2 Å². The fourth-order valence-corrected chi connectivity index (χ4v) is 6.49. The van der Waals surface area contributed by atoms with Crippen LogP contribution in [0, 0.1) is 17.7 Å². The van der Waals surface area contributed by atoms with Crippen LogP contribution in [-0.4, -0.2) is 22.5 Å². The molecule has 1 unspecified atom stereocenters. The summed E-state index contributed by atoms with van der Waals surface area (Å²) < 4.78 is 13.6. The van der Waals surface area contributed by atoms with E-state index in [2.05, 4.69) is 47.1 Å². The average Bonchev–Trinajstić information content (AvgIpc) is 3.62. The Kier molecular flexibility index (Phi) is 7.59. The van der Waals surface area contributed by atoms with Crippen molar-refractivity contribution >= 4 is 11.7 Å². The van der Waals surface area contributed by atoms with E-state index in [1.54, 1.807) is 24.5 Å². The van der Waals surface area contributed by atoms with Crippen molar-refractivity contribution in [2.24, 2.45) is 11.8 Å². The summed E-state index contributed by atoms with van der Waals surface area (Å²) >= 11 is 0. The lowest BCUT2D eigenvalue weighted by atomic mass is 9.78. The second-order valence-electron chi connectivity index (χ2n) is 11.0. The van der Waals surface area contributed by atoms with Gasteiger partial charge in [-0.15, -0.1) is 0 Å². The number of carbonyl (C=O) groups excluding carboxylic acids is 1. The van der Waals surface area contributed by atoms with Gasteiger partial charge in [0.1, 0.15) is 5.82 Å². The number of carbonyl (C=O) groups is 1. The topological polar surface area (TPSA) is 60.5 Å². The van der Waals surface area contributed by atoms with E-state index in [9.17, 15) is 9.18 Å². The molecule has 2 aliphatic carbocycles. The van der Waals surface area contributed by atoms with E-state index in [4.69, 9.17) is 0 Å². The summed E-state index contributed by atoms with van der Waals surface area (Å²) in [5.74, 6) is 0.371. The first kappa shape index (κ1) is 26.8. The maximum absolute atomic E-state index is 13.6. The molecule has 2 N–H and O–H groups in total. The average molecular weight is 550 g/mol. The molecule has 7 heteroatoms. The molecule has 0 spiro atoms. The lowest BCUT2D eigenvalue weighted by Gasteiger charge is -2.32. The van der Waals surface area contributed by atoms with Crippen LogP contribution in [0.25, 0.3) is 0 Å². The van der Waals surface area contributed by atoms with Crippen molar-refractivity contribution < 1.29 is 9.18 Å². The Labute approximate surface area is 241 Å². The summed E-state index contributed by atoms with van der Waals surface area (Å²) in [7, 11) is 0. The fourth-order valence-electron chi connectivity index (χ4n) is 6.49. The number of anilines is 1. The first-order valence-corrected chi connectivity index (χ1v) is 14.5. The zero-order chi connectivity index (χ0) is 28.3. The number of nitrogens with one attached hydrogen (secondary N) is 2. The largest absolute Gasteiger partial charge is 0.331 e. The zero-order valence-corrected chi connectivity index (χ0v) is 23.6. The molecule has 0 saturated carbocycles. The summed E-state index contributed by atoms with van der Waals surface area (Å²) in [4.78, 5) is 19.5. The lowest BCUT2D eigenvalue weighted by molar-refractivity contribution is 0.192. The number of benzene rings is 2. The van der Waals surface area contributed by atoms with Gasteiger partial charge in [-0.1, -0.05) is 42.8 Å². The quantitative estimate of drug-likeness (QED) is 0.317. The van der Waals surface area contributed by atoms with Crippen LogP contribution in [-0.2, 0) is 6.54 Å². The Morgan fingerprint density at radius 3 is 2.61 bits per heavy atom. The van der Waals surface area contributed by atoms with Gasteiger partial charge in [0, 0.05) is 43.2 Å². The van der Waals surface area contributed by atoms with E-state index in [0.29, 0.717) is 19.0 Å². The molecule has 3 aromatic rings.